The summed E-state index contributed by atoms with van der Waals surface area (Å²) < 4.78 is 0. The molecule has 0 saturated heterocycles. The van der Waals surface area contributed by atoms with E-state index in [9.17, 15) is 4.79 Å². The molecule has 0 aromatic heterocycles. The van der Waals surface area contributed by atoms with Gasteiger partial charge in [0, 0.05) is 31.5 Å². The van der Waals surface area contributed by atoms with Gasteiger partial charge in [-0.15, -0.1) is 0 Å². The third kappa shape index (κ3) is 13.4. The summed E-state index contributed by atoms with van der Waals surface area (Å²) in [7, 11) is 3.49. The first-order valence-electron chi connectivity index (χ1n) is 6.00. The van der Waals surface area contributed by atoms with E-state index in [1.807, 2.05) is 19.1 Å². The standard InChI is InChI=1S/C7H8O.C6H14N2OS2/c1-6-2-4-7(8)5-3-6;1-6(9)8-3-5-11-10-4-2-7/h2-5,8H,1H3;2-5,7H2,1H3,(H,8,9). The minimum Gasteiger partial charge on any atom is -0.508 e. The van der Waals surface area contributed by atoms with E-state index >= 15 is 0 Å². The Balaban J connectivity index is 0.000000356. The fraction of sp³-hybridized carbons (Fsp3) is 0.462. The molecule has 108 valence electrons. The molecule has 6 heteroatoms. The van der Waals surface area contributed by atoms with E-state index in [-0.39, 0.29) is 5.91 Å². The molecule has 0 spiro atoms. The predicted octanol–water partition coefficient (Wildman–Crippen LogP) is 2.16. The van der Waals surface area contributed by atoms with Gasteiger partial charge in [0.1, 0.15) is 5.75 Å². The quantitative estimate of drug-likeness (QED) is 0.554. The van der Waals surface area contributed by atoms with Crippen molar-refractivity contribution >= 4 is 27.5 Å². The number of hydrogen-bond acceptors (Lipinski definition) is 5. The first-order valence-corrected chi connectivity index (χ1v) is 8.49. The highest BCUT2D eigenvalue weighted by Gasteiger charge is 1.91. The van der Waals surface area contributed by atoms with E-state index in [4.69, 9.17) is 10.8 Å². The lowest BCUT2D eigenvalue weighted by molar-refractivity contribution is -0.118. The van der Waals surface area contributed by atoms with Gasteiger partial charge < -0.3 is 16.2 Å². The molecule has 0 unspecified atom stereocenters. The molecule has 1 aromatic rings. The third-order valence-electron chi connectivity index (χ3n) is 1.88. The molecule has 0 heterocycles. The van der Waals surface area contributed by atoms with E-state index in [0.29, 0.717) is 5.75 Å². The van der Waals surface area contributed by atoms with Crippen LogP contribution >= 0.6 is 21.6 Å². The summed E-state index contributed by atoms with van der Waals surface area (Å²) in [6.07, 6.45) is 0. The highest BCUT2D eigenvalue weighted by molar-refractivity contribution is 8.76. The third-order valence-corrected chi connectivity index (χ3v) is 4.32. The minimum absolute atomic E-state index is 0.0365. The van der Waals surface area contributed by atoms with Gasteiger partial charge >= 0.3 is 0 Å². The maximum absolute atomic E-state index is 10.4. The Hall–Kier alpha value is -0.850. The molecule has 0 fully saturated rings. The van der Waals surface area contributed by atoms with E-state index in [1.54, 1.807) is 33.7 Å². The van der Waals surface area contributed by atoms with Gasteiger partial charge in [-0.3, -0.25) is 4.79 Å². The molecule has 0 bridgehead atoms. The molecule has 1 rings (SSSR count). The van der Waals surface area contributed by atoms with Crippen LogP contribution in [0.15, 0.2) is 24.3 Å². The van der Waals surface area contributed by atoms with Crippen molar-refractivity contribution in [3.8, 4) is 5.75 Å². The number of nitrogens with one attached hydrogen (secondary N) is 1. The molecule has 0 saturated carbocycles. The van der Waals surface area contributed by atoms with Crippen LogP contribution in [0.5, 0.6) is 5.75 Å². The van der Waals surface area contributed by atoms with E-state index < -0.39 is 0 Å². The maximum atomic E-state index is 10.4. The summed E-state index contributed by atoms with van der Waals surface area (Å²) in [6, 6.07) is 7.09. The van der Waals surface area contributed by atoms with Gasteiger partial charge in [-0.25, -0.2) is 0 Å². The number of carbonyl (C=O) groups excluding carboxylic acids is 1. The second-order valence-electron chi connectivity index (χ2n) is 3.75. The zero-order chi connectivity index (χ0) is 14.5. The van der Waals surface area contributed by atoms with Crippen molar-refractivity contribution in [1.82, 2.24) is 5.32 Å². The number of carbonyl (C=O) groups is 1. The van der Waals surface area contributed by atoms with Crippen molar-refractivity contribution in [3.05, 3.63) is 29.8 Å². The fourth-order valence-corrected chi connectivity index (χ4v) is 2.74. The summed E-state index contributed by atoms with van der Waals surface area (Å²) >= 11 is 0. The highest BCUT2D eigenvalue weighted by atomic mass is 33.1. The van der Waals surface area contributed by atoms with Crippen LogP contribution in [0.2, 0.25) is 0 Å². The van der Waals surface area contributed by atoms with Gasteiger partial charge in [-0.1, -0.05) is 39.3 Å². The molecule has 0 radical (unpaired) electrons. The van der Waals surface area contributed by atoms with E-state index in [1.165, 1.54) is 12.5 Å². The molecular weight excluding hydrogens is 280 g/mol. The molecule has 1 amide bonds. The predicted molar refractivity (Wildman–Crippen MR) is 85.5 cm³/mol. The maximum Gasteiger partial charge on any atom is 0.216 e. The number of phenolic OH excluding ortho intramolecular Hbond substituents is 1. The van der Waals surface area contributed by atoms with E-state index in [2.05, 4.69) is 5.32 Å². The largest absolute Gasteiger partial charge is 0.508 e. The van der Waals surface area contributed by atoms with Gasteiger partial charge in [0.05, 0.1) is 0 Å². The molecular formula is C13H22N2O2S2. The van der Waals surface area contributed by atoms with Crippen LogP contribution in [0, 0.1) is 6.92 Å². The lowest BCUT2D eigenvalue weighted by Gasteiger charge is -2.00. The number of hydrogen-bond donors (Lipinski definition) is 3. The van der Waals surface area contributed by atoms with Crippen LogP contribution in [0.4, 0.5) is 0 Å². The second-order valence-corrected chi connectivity index (χ2v) is 6.45. The number of aromatic hydroxyl groups is 1. The molecule has 0 aliphatic rings. The molecule has 4 nitrogen and oxygen atoms in total. The number of aryl methyl sites for hydroxylation is 1. The van der Waals surface area contributed by atoms with Gasteiger partial charge in [0.15, 0.2) is 0 Å². The average molecular weight is 302 g/mol. The van der Waals surface area contributed by atoms with Gasteiger partial charge in [-0.05, 0) is 19.1 Å². The lowest BCUT2D eigenvalue weighted by Crippen LogP contribution is -2.22. The van der Waals surface area contributed by atoms with Crippen molar-refractivity contribution in [2.24, 2.45) is 5.73 Å². The van der Waals surface area contributed by atoms with Crippen LogP contribution in [0.3, 0.4) is 0 Å². The summed E-state index contributed by atoms with van der Waals surface area (Å²) in [6.45, 7) is 4.98. The van der Waals surface area contributed by atoms with Crippen molar-refractivity contribution in [3.63, 3.8) is 0 Å². The molecule has 19 heavy (non-hydrogen) atoms. The SMILES string of the molecule is CC(=O)NCCSSCCN.Cc1ccc(O)cc1. The molecule has 0 atom stereocenters. The van der Waals surface area contributed by atoms with Crippen LogP contribution in [-0.2, 0) is 4.79 Å². The first-order chi connectivity index (χ1) is 9.06. The average Bonchev–Trinajstić information content (AvgIpc) is 2.38. The summed E-state index contributed by atoms with van der Waals surface area (Å²) in [5.41, 5.74) is 6.46. The minimum atomic E-state index is 0.0365. The fourth-order valence-electron chi connectivity index (χ4n) is 0.979. The first kappa shape index (κ1) is 18.1. The Kier molecular flexibility index (Phi) is 11.7. The van der Waals surface area contributed by atoms with Gasteiger partial charge in [0.25, 0.3) is 0 Å². The van der Waals surface area contributed by atoms with E-state index in [0.717, 1.165) is 24.6 Å². The molecule has 1 aromatic carbocycles. The molecule has 0 aliphatic carbocycles. The summed E-state index contributed by atoms with van der Waals surface area (Å²) in [5.74, 6) is 2.29. The Bertz CT molecular complexity index is 324. The lowest BCUT2D eigenvalue weighted by atomic mass is 10.2. The summed E-state index contributed by atoms with van der Waals surface area (Å²) in [4.78, 5) is 10.4. The smallest absolute Gasteiger partial charge is 0.216 e. The van der Waals surface area contributed by atoms with Gasteiger partial charge in [-0.2, -0.15) is 0 Å². The van der Waals surface area contributed by atoms with Crippen molar-refractivity contribution < 1.29 is 9.90 Å². The number of nitrogens with two attached hydrogens (primary N) is 1. The van der Waals surface area contributed by atoms with Gasteiger partial charge in [0.2, 0.25) is 5.91 Å². The Morgan fingerprint density at radius 3 is 2.32 bits per heavy atom. The number of benzene rings is 1. The summed E-state index contributed by atoms with van der Waals surface area (Å²) in [5, 5.41) is 11.5. The Morgan fingerprint density at radius 2 is 1.84 bits per heavy atom. The van der Waals surface area contributed by atoms with Crippen LogP contribution in [-0.4, -0.2) is 35.6 Å². The zero-order valence-electron chi connectivity index (χ0n) is 11.4. The van der Waals surface area contributed by atoms with Crippen LogP contribution in [0.1, 0.15) is 12.5 Å². The van der Waals surface area contributed by atoms with Crippen LogP contribution in [0.25, 0.3) is 0 Å². The Labute approximate surface area is 122 Å². The Morgan fingerprint density at radius 1 is 1.26 bits per heavy atom. The normalized spacial score (nSPS) is 9.42. The van der Waals surface area contributed by atoms with Crippen molar-refractivity contribution in [2.45, 2.75) is 13.8 Å². The van der Waals surface area contributed by atoms with Crippen molar-refractivity contribution in [1.29, 1.82) is 0 Å². The number of rotatable bonds is 6. The second kappa shape index (κ2) is 12.2. The molecule has 0 aliphatic heterocycles. The molecule has 4 N–H and O–H groups in total. The van der Waals surface area contributed by atoms with Crippen LogP contribution < -0.4 is 11.1 Å². The number of phenols is 1. The van der Waals surface area contributed by atoms with Crippen molar-refractivity contribution in [2.75, 3.05) is 24.6 Å². The highest BCUT2D eigenvalue weighted by Crippen LogP contribution is 2.18. The topological polar surface area (TPSA) is 75.4 Å². The zero-order valence-corrected chi connectivity index (χ0v) is 13.0. The number of amides is 1. The monoisotopic (exact) mass is 302 g/mol.